The van der Waals surface area contributed by atoms with Crippen molar-refractivity contribution in [2.45, 2.75) is 17.0 Å². The van der Waals surface area contributed by atoms with Crippen molar-refractivity contribution in [3.05, 3.63) is 64.8 Å². The average molecular weight is 416 g/mol. The maximum atomic E-state index is 12.6. The van der Waals surface area contributed by atoms with E-state index in [0.717, 1.165) is 21.3 Å². The van der Waals surface area contributed by atoms with Crippen LogP contribution in [0.15, 0.2) is 52.3 Å². The summed E-state index contributed by atoms with van der Waals surface area (Å²) in [5.41, 5.74) is 3.28. The Morgan fingerprint density at radius 1 is 1.21 bits per heavy atom. The summed E-state index contributed by atoms with van der Waals surface area (Å²) in [7, 11) is 1.60. The number of rotatable bonds is 9. The highest BCUT2D eigenvalue weighted by atomic mass is 32.2. The molecule has 2 heterocycles. The van der Waals surface area contributed by atoms with Crippen LogP contribution in [-0.4, -0.2) is 36.2 Å². The molecule has 8 heteroatoms. The van der Waals surface area contributed by atoms with Crippen molar-refractivity contribution in [2.24, 2.45) is 0 Å². The molecular formula is C20H21N3O3S2. The topological polar surface area (TPSA) is 73.3 Å². The van der Waals surface area contributed by atoms with Crippen molar-refractivity contribution >= 4 is 34.7 Å². The number of hydrogen-bond acceptors (Lipinski definition) is 7. The van der Waals surface area contributed by atoms with E-state index in [9.17, 15) is 4.79 Å². The number of aryl methyl sites for hydroxylation is 1. The van der Waals surface area contributed by atoms with Crippen LogP contribution in [0.5, 0.6) is 5.88 Å². The van der Waals surface area contributed by atoms with E-state index < -0.39 is 0 Å². The van der Waals surface area contributed by atoms with Gasteiger partial charge in [-0.25, -0.2) is 9.97 Å². The van der Waals surface area contributed by atoms with Crippen LogP contribution in [-0.2, 0) is 10.5 Å². The van der Waals surface area contributed by atoms with Gasteiger partial charge in [-0.15, -0.1) is 11.3 Å². The number of amides is 1. The molecule has 0 spiro atoms. The Morgan fingerprint density at radius 3 is 2.75 bits per heavy atom. The molecule has 0 saturated carbocycles. The number of nitrogens with one attached hydrogen (secondary N) is 1. The van der Waals surface area contributed by atoms with E-state index in [0.29, 0.717) is 30.3 Å². The van der Waals surface area contributed by atoms with Gasteiger partial charge in [-0.05, 0) is 36.8 Å². The third-order valence-electron chi connectivity index (χ3n) is 3.72. The van der Waals surface area contributed by atoms with Crippen molar-refractivity contribution in [1.82, 2.24) is 9.97 Å². The largest absolute Gasteiger partial charge is 0.474 e. The summed E-state index contributed by atoms with van der Waals surface area (Å²) in [6.07, 6.45) is 1.62. The van der Waals surface area contributed by atoms with Crippen molar-refractivity contribution in [2.75, 3.05) is 25.6 Å². The lowest BCUT2D eigenvalue weighted by Crippen LogP contribution is -2.14. The van der Waals surface area contributed by atoms with Gasteiger partial charge in [-0.2, -0.15) is 0 Å². The molecule has 28 heavy (non-hydrogen) atoms. The highest BCUT2D eigenvalue weighted by Crippen LogP contribution is 2.26. The van der Waals surface area contributed by atoms with E-state index in [4.69, 9.17) is 9.47 Å². The molecule has 3 rings (SSSR count). The number of ether oxygens (including phenoxy) is 2. The van der Waals surface area contributed by atoms with E-state index >= 15 is 0 Å². The molecule has 0 aliphatic carbocycles. The van der Waals surface area contributed by atoms with Crippen LogP contribution in [0.4, 0.5) is 5.69 Å². The number of hydrogen-bond donors (Lipinski definition) is 1. The van der Waals surface area contributed by atoms with Crippen molar-refractivity contribution < 1.29 is 14.3 Å². The molecule has 2 aromatic heterocycles. The molecule has 1 aromatic carbocycles. The van der Waals surface area contributed by atoms with Crippen LogP contribution in [0, 0.1) is 6.92 Å². The summed E-state index contributed by atoms with van der Waals surface area (Å²) >= 11 is 3.34. The highest BCUT2D eigenvalue weighted by molar-refractivity contribution is 8.00. The van der Waals surface area contributed by atoms with E-state index in [1.807, 2.05) is 36.6 Å². The smallest absolute Gasteiger partial charge is 0.255 e. The molecule has 0 unspecified atom stereocenters. The van der Waals surface area contributed by atoms with E-state index in [1.165, 1.54) is 0 Å². The van der Waals surface area contributed by atoms with Crippen molar-refractivity contribution in [1.29, 1.82) is 0 Å². The Bertz CT molecular complexity index is 913. The molecule has 0 fully saturated rings. The highest BCUT2D eigenvalue weighted by Gasteiger charge is 2.11. The first-order valence-electron chi connectivity index (χ1n) is 8.67. The number of nitrogens with zero attached hydrogens (tertiary/aromatic N) is 2. The third kappa shape index (κ3) is 5.79. The van der Waals surface area contributed by atoms with Gasteiger partial charge >= 0.3 is 0 Å². The predicted molar refractivity (Wildman–Crippen MR) is 112 cm³/mol. The lowest BCUT2D eigenvalue weighted by Gasteiger charge is -2.11. The summed E-state index contributed by atoms with van der Waals surface area (Å²) in [6, 6.07) is 11.1. The van der Waals surface area contributed by atoms with Gasteiger partial charge in [0.05, 0.1) is 6.61 Å². The minimum Gasteiger partial charge on any atom is -0.474 e. The summed E-state index contributed by atoms with van der Waals surface area (Å²) in [4.78, 5) is 21.2. The molecular weight excluding hydrogens is 394 g/mol. The standard InChI is InChI=1S/C20H21N3O3S2/c1-14-12-27-20(22-14)28-13-15-5-7-16(8-6-15)18(24)23-17-4-3-9-21-19(17)26-11-10-25-2/h3-9,12H,10-11,13H2,1-2H3,(H,23,24). The fourth-order valence-corrected chi connectivity index (χ4v) is 4.12. The monoisotopic (exact) mass is 415 g/mol. The van der Waals surface area contributed by atoms with Crippen LogP contribution in [0.1, 0.15) is 21.6 Å². The van der Waals surface area contributed by atoms with Gasteiger partial charge in [0.1, 0.15) is 16.6 Å². The van der Waals surface area contributed by atoms with Crippen LogP contribution >= 0.6 is 23.1 Å². The van der Waals surface area contributed by atoms with E-state index in [-0.39, 0.29) is 5.91 Å². The Balaban J connectivity index is 1.59. The summed E-state index contributed by atoms with van der Waals surface area (Å²) in [5.74, 6) is 0.980. The van der Waals surface area contributed by atoms with Crippen LogP contribution in [0.25, 0.3) is 0 Å². The molecule has 0 radical (unpaired) electrons. The van der Waals surface area contributed by atoms with Gasteiger partial charge in [0.15, 0.2) is 0 Å². The number of carbonyl (C=O) groups is 1. The number of thioether (sulfide) groups is 1. The molecule has 0 saturated heterocycles. The molecule has 0 aliphatic rings. The lowest BCUT2D eigenvalue weighted by molar-refractivity contribution is 0.102. The van der Waals surface area contributed by atoms with Gasteiger partial charge in [0, 0.05) is 35.7 Å². The second-order valence-corrected chi connectivity index (χ2v) is 7.97. The molecule has 0 bridgehead atoms. The summed E-state index contributed by atoms with van der Waals surface area (Å²) in [5, 5.41) is 4.90. The first-order chi connectivity index (χ1) is 13.7. The van der Waals surface area contributed by atoms with Gasteiger partial charge in [-0.3, -0.25) is 4.79 Å². The number of pyridine rings is 1. The Kier molecular flexibility index (Phi) is 7.41. The molecule has 6 nitrogen and oxygen atoms in total. The zero-order valence-electron chi connectivity index (χ0n) is 15.7. The molecule has 1 amide bonds. The van der Waals surface area contributed by atoms with Gasteiger partial charge < -0.3 is 14.8 Å². The third-order valence-corrected chi connectivity index (χ3v) is 5.93. The quantitative estimate of drug-likeness (QED) is 0.412. The zero-order valence-corrected chi connectivity index (χ0v) is 17.3. The maximum absolute atomic E-state index is 12.6. The zero-order chi connectivity index (χ0) is 19.8. The van der Waals surface area contributed by atoms with E-state index in [2.05, 4.69) is 15.3 Å². The second kappa shape index (κ2) is 10.2. The number of anilines is 1. The molecule has 3 aromatic rings. The normalized spacial score (nSPS) is 10.6. The fourth-order valence-electron chi connectivity index (χ4n) is 2.31. The van der Waals surface area contributed by atoms with Crippen molar-refractivity contribution in [3.63, 3.8) is 0 Å². The summed E-state index contributed by atoms with van der Waals surface area (Å²) < 4.78 is 11.6. The number of benzene rings is 1. The van der Waals surface area contributed by atoms with Crippen LogP contribution in [0.3, 0.4) is 0 Å². The maximum Gasteiger partial charge on any atom is 0.255 e. The lowest BCUT2D eigenvalue weighted by atomic mass is 10.1. The number of carbonyl (C=O) groups excluding carboxylic acids is 1. The molecule has 0 aliphatic heterocycles. The van der Waals surface area contributed by atoms with Crippen molar-refractivity contribution in [3.8, 4) is 5.88 Å². The SMILES string of the molecule is COCCOc1ncccc1NC(=O)c1ccc(CSc2nc(C)cs2)cc1. The van der Waals surface area contributed by atoms with Crippen LogP contribution in [0.2, 0.25) is 0 Å². The minimum absolute atomic E-state index is 0.209. The first kappa shape index (κ1) is 20.3. The Hall–Kier alpha value is -2.42. The average Bonchev–Trinajstić information content (AvgIpc) is 3.13. The van der Waals surface area contributed by atoms with Gasteiger partial charge in [0.25, 0.3) is 5.91 Å². The predicted octanol–water partition coefficient (Wildman–Crippen LogP) is 4.42. The fraction of sp³-hybridized carbons (Fsp3) is 0.250. The Morgan fingerprint density at radius 2 is 2.04 bits per heavy atom. The number of aromatic nitrogens is 2. The minimum atomic E-state index is -0.209. The number of methoxy groups -OCH3 is 1. The molecule has 1 N–H and O–H groups in total. The second-order valence-electron chi connectivity index (χ2n) is 5.89. The Labute approximate surface area is 172 Å². The molecule has 146 valence electrons. The van der Waals surface area contributed by atoms with Crippen LogP contribution < -0.4 is 10.1 Å². The number of thiazole rings is 1. The van der Waals surface area contributed by atoms with Gasteiger partial charge in [-0.1, -0.05) is 23.9 Å². The summed E-state index contributed by atoms with van der Waals surface area (Å²) in [6.45, 7) is 2.80. The van der Waals surface area contributed by atoms with Gasteiger partial charge in [0.2, 0.25) is 5.88 Å². The molecule has 0 atom stereocenters. The first-order valence-corrected chi connectivity index (χ1v) is 10.5. The van der Waals surface area contributed by atoms with E-state index in [1.54, 1.807) is 48.5 Å².